The second-order valence-electron chi connectivity index (χ2n) is 8.74. The van der Waals surface area contributed by atoms with Crippen LogP contribution in [0.4, 0.5) is 0 Å². The monoisotopic (exact) mass is 456 g/mol. The van der Waals surface area contributed by atoms with E-state index in [9.17, 15) is 18.3 Å². The highest BCUT2D eigenvalue weighted by Gasteiger charge is 2.30. The smallest absolute Gasteiger partial charge is 0.255 e. The molecule has 3 aromatic rings. The first-order valence-electron chi connectivity index (χ1n) is 10.9. The molecule has 4 rings (SSSR count). The quantitative estimate of drug-likeness (QED) is 0.523. The van der Waals surface area contributed by atoms with Crippen molar-refractivity contribution in [3.8, 4) is 11.3 Å². The van der Waals surface area contributed by atoms with Crippen molar-refractivity contribution in [2.45, 2.75) is 61.7 Å². The summed E-state index contributed by atoms with van der Waals surface area (Å²) in [4.78, 5) is 25.0. The number of H-pyrrole nitrogens is 1. The van der Waals surface area contributed by atoms with Crippen molar-refractivity contribution in [2.75, 3.05) is 6.54 Å². The van der Waals surface area contributed by atoms with E-state index in [0.29, 0.717) is 40.8 Å². The van der Waals surface area contributed by atoms with Gasteiger partial charge in [0.2, 0.25) is 0 Å². The van der Waals surface area contributed by atoms with E-state index >= 15 is 0 Å². The van der Waals surface area contributed by atoms with Gasteiger partial charge in [-0.1, -0.05) is 31.4 Å². The number of hydrogen-bond acceptors (Lipinski definition) is 6. The molecule has 1 aromatic carbocycles. The van der Waals surface area contributed by atoms with Crippen LogP contribution in [0.1, 0.15) is 56.3 Å². The third-order valence-corrected chi connectivity index (χ3v) is 8.26. The van der Waals surface area contributed by atoms with E-state index in [4.69, 9.17) is 0 Å². The molecule has 3 N–H and O–H groups in total. The molecule has 1 aliphatic carbocycles. The number of aliphatic hydroxyl groups is 1. The van der Waals surface area contributed by atoms with Crippen LogP contribution in [0.5, 0.6) is 0 Å². The van der Waals surface area contributed by atoms with Crippen LogP contribution in [0.15, 0.2) is 41.6 Å². The molecule has 1 amide bonds. The van der Waals surface area contributed by atoms with Crippen molar-refractivity contribution in [3.05, 3.63) is 42.2 Å². The van der Waals surface area contributed by atoms with Crippen molar-refractivity contribution in [3.63, 3.8) is 0 Å². The maximum absolute atomic E-state index is 12.8. The predicted octanol–water partition coefficient (Wildman–Crippen LogP) is 3.23. The lowest BCUT2D eigenvalue weighted by atomic mass is 9.85. The van der Waals surface area contributed by atoms with Crippen molar-refractivity contribution >= 4 is 26.9 Å². The minimum atomic E-state index is -3.35. The molecule has 0 spiro atoms. The number of nitrogens with zero attached hydrogens (tertiary/aromatic N) is 2. The van der Waals surface area contributed by atoms with Gasteiger partial charge >= 0.3 is 0 Å². The molecule has 170 valence electrons. The number of carbonyl (C=O) groups excluding carboxylic acids is 1. The summed E-state index contributed by atoms with van der Waals surface area (Å²) in [5.41, 5.74) is 1.64. The molecule has 2 heterocycles. The minimum Gasteiger partial charge on any atom is -0.388 e. The van der Waals surface area contributed by atoms with Crippen LogP contribution in [0.2, 0.25) is 0 Å². The van der Waals surface area contributed by atoms with E-state index in [1.54, 1.807) is 50.5 Å². The van der Waals surface area contributed by atoms with Gasteiger partial charge in [-0.15, -0.1) is 0 Å². The Balaban J connectivity index is 1.57. The second kappa shape index (κ2) is 8.63. The zero-order valence-electron chi connectivity index (χ0n) is 18.3. The zero-order chi connectivity index (χ0) is 22.9. The molecule has 1 saturated carbocycles. The molecule has 0 radical (unpaired) electrons. The van der Waals surface area contributed by atoms with Gasteiger partial charge in [-0.25, -0.2) is 18.4 Å². The standard InChI is InChI=1S/C23H28N4O4S/c1-15(2)32(30,31)17-8-6-16(7-9-17)19-13-25-21-20(27-19)18(12-24-21)22(28)26-14-23(29)10-4-3-5-11-23/h6-9,12-13,15,29H,3-5,10-11,14H2,1-2H3,(H,24,25)(H,26,28). The maximum Gasteiger partial charge on any atom is 0.255 e. The summed E-state index contributed by atoms with van der Waals surface area (Å²) in [6.45, 7) is 3.50. The first-order chi connectivity index (χ1) is 15.2. The van der Waals surface area contributed by atoms with Crippen LogP contribution in [0.25, 0.3) is 22.4 Å². The Labute approximate surface area is 187 Å². The average Bonchev–Trinajstić information content (AvgIpc) is 3.21. The van der Waals surface area contributed by atoms with Gasteiger partial charge in [0, 0.05) is 18.3 Å². The highest BCUT2D eigenvalue weighted by atomic mass is 32.2. The number of aromatic nitrogens is 3. The summed E-state index contributed by atoms with van der Waals surface area (Å²) in [6, 6.07) is 6.50. The van der Waals surface area contributed by atoms with E-state index in [2.05, 4.69) is 20.3 Å². The van der Waals surface area contributed by atoms with Gasteiger partial charge in [0.15, 0.2) is 15.5 Å². The van der Waals surface area contributed by atoms with E-state index in [-0.39, 0.29) is 17.3 Å². The molecular weight excluding hydrogens is 428 g/mol. The van der Waals surface area contributed by atoms with Gasteiger partial charge in [-0.05, 0) is 38.8 Å². The summed E-state index contributed by atoms with van der Waals surface area (Å²) in [6.07, 6.45) is 7.56. The Kier molecular flexibility index (Phi) is 6.05. The average molecular weight is 457 g/mol. The van der Waals surface area contributed by atoms with Crippen molar-refractivity contribution in [1.82, 2.24) is 20.3 Å². The van der Waals surface area contributed by atoms with Crippen LogP contribution in [0, 0.1) is 0 Å². The van der Waals surface area contributed by atoms with E-state index in [1.165, 1.54) is 0 Å². The topological polar surface area (TPSA) is 125 Å². The minimum absolute atomic E-state index is 0.206. The molecule has 8 nitrogen and oxygen atoms in total. The zero-order valence-corrected chi connectivity index (χ0v) is 19.1. The number of rotatable bonds is 6. The number of aromatic amines is 1. The van der Waals surface area contributed by atoms with Gasteiger partial charge in [0.05, 0.1) is 33.2 Å². The van der Waals surface area contributed by atoms with Crippen LogP contribution in [-0.2, 0) is 9.84 Å². The lowest BCUT2D eigenvalue weighted by molar-refractivity contribution is 0.00527. The molecule has 32 heavy (non-hydrogen) atoms. The maximum atomic E-state index is 12.8. The molecule has 0 saturated heterocycles. The normalized spacial score (nSPS) is 16.4. The summed E-state index contributed by atoms with van der Waals surface area (Å²) < 4.78 is 24.7. The van der Waals surface area contributed by atoms with Crippen LogP contribution in [0.3, 0.4) is 0 Å². The Morgan fingerprint density at radius 2 is 1.88 bits per heavy atom. The van der Waals surface area contributed by atoms with E-state index in [0.717, 1.165) is 19.3 Å². The summed E-state index contributed by atoms with van der Waals surface area (Å²) in [5.74, 6) is -0.319. The summed E-state index contributed by atoms with van der Waals surface area (Å²) >= 11 is 0. The number of nitrogens with one attached hydrogen (secondary N) is 2. The summed E-state index contributed by atoms with van der Waals surface area (Å²) in [5, 5.41) is 13.0. The Bertz CT molecular complexity index is 1230. The lowest BCUT2D eigenvalue weighted by Crippen LogP contribution is -2.44. The molecule has 0 atom stereocenters. The molecule has 2 aromatic heterocycles. The van der Waals surface area contributed by atoms with E-state index in [1.807, 2.05) is 0 Å². The fourth-order valence-corrected chi connectivity index (χ4v) is 5.08. The number of fused-ring (bicyclic) bond motifs is 1. The molecule has 1 aliphatic rings. The number of sulfone groups is 1. The van der Waals surface area contributed by atoms with Crippen LogP contribution >= 0.6 is 0 Å². The number of benzene rings is 1. The van der Waals surface area contributed by atoms with Gasteiger partial charge in [-0.3, -0.25) is 4.79 Å². The van der Waals surface area contributed by atoms with Crippen molar-refractivity contribution in [2.24, 2.45) is 0 Å². The first kappa shape index (κ1) is 22.4. The fourth-order valence-electron chi connectivity index (χ4n) is 4.02. The molecule has 9 heteroatoms. The van der Waals surface area contributed by atoms with E-state index < -0.39 is 20.7 Å². The Morgan fingerprint density at radius 3 is 2.53 bits per heavy atom. The van der Waals surface area contributed by atoms with Crippen LogP contribution in [-0.4, -0.2) is 51.8 Å². The van der Waals surface area contributed by atoms with Gasteiger partial charge in [-0.2, -0.15) is 0 Å². The van der Waals surface area contributed by atoms with Crippen LogP contribution < -0.4 is 5.32 Å². The van der Waals surface area contributed by atoms with Crippen molar-refractivity contribution < 1.29 is 18.3 Å². The van der Waals surface area contributed by atoms with Gasteiger partial charge in [0.25, 0.3) is 5.91 Å². The fraction of sp³-hybridized carbons (Fsp3) is 0.435. The molecule has 0 unspecified atom stereocenters. The largest absolute Gasteiger partial charge is 0.388 e. The molecule has 1 fully saturated rings. The molecule has 0 aliphatic heterocycles. The second-order valence-corrected chi connectivity index (χ2v) is 11.2. The number of amides is 1. The SMILES string of the molecule is CC(C)S(=O)(=O)c1ccc(-c2cnc3[nH]cc(C(=O)NCC4(O)CCCCC4)c3n2)cc1. The summed E-state index contributed by atoms with van der Waals surface area (Å²) in [7, 11) is -3.35. The number of hydrogen-bond donors (Lipinski definition) is 3. The van der Waals surface area contributed by atoms with Crippen molar-refractivity contribution in [1.29, 1.82) is 0 Å². The first-order valence-corrected chi connectivity index (χ1v) is 12.4. The lowest BCUT2D eigenvalue weighted by Gasteiger charge is -2.32. The highest BCUT2D eigenvalue weighted by Crippen LogP contribution is 2.28. The predicted molar refractivity (Wildman–Crippen MR) is 122 cm³/mol. The third-order valence-electron chi connectivity index (χ3n) is 6.09. The highest BCUT2D eigenvalue weighted by molar-refractivity contribution is 7.92. The Morgan fingerprint density at radius 1 is 1.19 bits per heavy atom. The number of carbonyl (C=O) groups is 1. The Hall–Kier alpha value is -2.78. The van der Waals surface area contributed by atoms with Gasteiger partial charge in [0.1, 0.15) is 5.52 Å². The third kappa shape index (κ3) is 4.40. The molecular formula is C23H28N4O4S. The molecule has 0 bridgehead atoms. The van der Waals surface area contributed by atoms with Gasteiger partial charge < -0.3 is 15.4 Å².